The van der Waals surface area contributed by atoms with Gasteiger partial charge < -0.3 is 15.1 Å². The van der Waals surface area contributed by atoms with E-state index in [0.717, 1.165) is 31.9 Å². The second-order valence-electron chi connectivity index (χ2n) is 7.87. The minimum absolute atomic E-state index is 0.0305. The van der Waals surface area contributed by atoms with Gasteiger partial charge in [0, 0.05) is 46.0 Å². The lowest BCUT2D eigenvalue weighted by molar-refractivity contribution is -0.138. The molecule has 7 nitrogen and oxygen atoms in total. The number of nitrogens with one attached hydrogen (secondary N) is 1. The number of piperazine rings is 1. The van der Waals surface area contributed by atoms with Crippen molar-refractivity contribution >= 4 is 11.8 Å². The van der Waals surface area contributed by atoms with Crippen LogP contribution < -0.4 is 5.32 Å². The first-order valence-electron chi connectivity index (χ1n) is 10.5. The third-order valence-electron chi connectivity index (χ3n) is 5.78. The Bertz CT molecular complexity index is 631. The topological polar surface area (TPSA) is 68.8 Å². The van der Waals surface area contributed by atoms with Gasteiger partial charge in [0.2, 0.25) is 11.8 Å². The number of carbonyl (C=O) groups is 2. The number of rotatable bonds is 7. The number of hydrogen-bond acceptors (Lipinski definition) is 5. The zero-order chi connectivity index (χ0) is 19.8. The molecule has 0 unspecified atom stereocenters. The molecule has 2 saturated heterocycles. The molecule has 0 saturated carbocycles. The Hall–Kier alpha value is -1.99. The van der Waals surface area contributed by atoms with Crippen LogP contribution in [-0.2, 0) is 16.1 Å². The molecule has 2 amide bonds. The van der Waals surface area contributed by atoms with Gasteiger partial charge in [0.05, 0.1) is 18.2 Å². The van der Waals surface area contributed by atoms with Crippen LogP contribution in [-0.4, -0.2) is 83.9 Å². The van der Waals surface area contributed by atoms with Gasteiger partial charge >= 0.3 is 0 Å². The van der Waals surface area contributed by atoms with Crippen molar-refractivity contribution in [1.29, 1.82) is 0 Å². The monoisotopic (exact) mass is 387 g/mol. The highest BCUT2D eigenvalue weighted by molar-refractivity contribution is 5.88. The SMILES string of the molecule is CN(CCN1CCCCCC1)C(=O)C[C@H]1C(=O)NCCN1Cc1ccccn1. The van der Waals surface area contributed by atoms with Crippen LogP contribution in [0.3, 0.4) is 0 Å². The molecule has 1 N–H and O–H groups in total. The fourth-order valence-electron chi connectivity index (χ4n) is 3.97. The van der Waals surface area contributed by atoms with Crippen molar-refractivity contribution in [3.05, 3.63) is 30.1 Å². The standard InChI is InChI=1S/C21H33N5O2/c1-24(14-15-25-11-6-2-3-7-12-25)20(27)16-19-21(28)23-10-13-26(19)17-18-8-4-5-9-22-18/h4-5,8-9,19H,2-3,6-7,10-17H2,1H3,(H,23,28)/t19-/m0/s1. The second-order valence-corrected chi connectivity index (χ2v) is 7.87. The molecule has 0 spiro atoms. The Morgan fingerprint density at radius 2 is 2.00 bits per heavy atom. The molecule has 0 aromatic carbocycles. The number of nitrogens with zero attached hydrogens (tertiary/aromatic N) is 4. The molecule has 0 aliphatic carbocycles. The molecule has 0 radical (unpaired) electrons. The van der Waals surface area contributed by atoms with E-state index in [0.29, 0.717) is 19.6 Å². The average Bonchev–Trinajstić information content (AvgIpc) is 2.98. The normalized spacial score (nSPS) is 21.8. The molecule has 2 aliphatic rings. The van der Waals surface area contributed by atoms with E-state index in [9.17, 15) is 9.59 Å². The van der Waals surface area contributed by atoms with Gasteiger partial charge in [-0.3, -0.25) is 19.5 Å². The van der Waals surface area contributed by atoms with Gasteiger partial charge in [-0.1, -0.05) is 18.9 Å². The van der Waals surface area contributed by atoms with E-state index in [-0.39, 0.29) is 18.2 Å². The lowest BCUT2D eigenvalue weighted by Crippen LogP contribution is -2.56. The third kappa shape index (κ3) is 6.01. The molecular weight excluding hydrogens is 354 g/mol. The highest BCUT2D eigenvalue weighted by Crippen LogP contribution is 2.14. The average molecular weight is 388 g/mol. The van der Waals surface area contributed by atoms with Crippen LogP contribution >= 0.6 is 0 Å². The molecule has 2 fully saturated rings. The van der Waals surface area contributed by atoms with E-state index in [4.69, 9.17) is 0 Å². The summed E-state index contributed by atoms with van der Waals surface area (Å²) in [5.41, 5.74) is 0.921. The lowest BCUT2D eigenvalue weighted by Gasteiger charge is -2.35. The van der Waals surface area contributed by atoms with E-state index in [2.05, 4.69) is 20.1 Å². The van der Waals surface area contributed by atoms with Crippen molar-refractivity contribution in [3.63, 3.8) is 0 Å². The molecule has 0 bridgehead atoms. The third-order valence-corrected chi connectivity index (χ3v) is 5.78. The Balaban J connectivity index is 1.52. The summed E-state index contributed by atoms with van der Waals surface area (Å²) in [6, 6.07) is 5.36. The van der Waals surface area contributed by atoms with E-state index < -0.39 is 6.04 Å². The van der Waals surface area contributed by atoms with Crippen LogP contribution in [0.4, 0.5) is 0 Å². The summed E-state index contributed by atoms with van der Waals surface area (Å²) >= 11 is 0. The second kappa shape index (κ2) is 10.5. The summed E-state index contributed by atoms with van der Waals surface area (Å²) in [4.78, 5) is 35.9. The summed E-state index contributed by atoms with van der Waals surface area (Å²) < 4.78 is 0. The summed E-state index contributed by atoms with van der Waals surface area (Å²) in [5, 5.41) is 2.90. The molecule has 3 heterocycles. The van der Waals surface area contributed by atoms with Gasteiger partial charge in [-0.25, -0.2) is 0 Å². The van der Waals surface area contributed by atoms with Crippen LogP contribution in [0.25, 0.3) is 0 Å². The maximum atomic E-state index is 12.8. The minimum atomic E-state index is -0.427. The molecule has 2 aliphatic heterocycles. The molecule has 1 aromatic rings. The minimum Gasteiger partial charge on any atom is -0.353 e. The molecule has 1 atom stereocenters. The number of hydrogen-bond donors (Lipinski definition) is 1. The maximum Gasteiger partial charge on any atom is 0.237 e. The number of pyridine rings is 1. The van der Waals surface area contributed by atoms with E-state index in [1.54, 1.807) is 11.1 Å². The van der Waals surface area contributed by atoms with Crippen LogP contribution in [0, 0.1) is 0 Å². The van der Waals surface area contributed by atoms with Crippen molar-refractivity contribution in [2.75, 3.05) is 46.3 Å². The summed E-state index contributed by atoms with van der Waals surface area (Å²) in [6.45, 7) is 5.82. The van der Waals surface area contributed by atoms with Crippen molar-refractivity contribution in [1.82, 2.24) is 25.0 Å². The predicted octanol–water partition coefficient (Wildman–Crippen LogP) is 1.11. The summed E-state index contributed by atoms with van der Waals surface area (Å²) in [5.74, 6) is -0.0284. The number of carbonyl (C=O) groups excluding carboxylic acids is 2. The van der Waals surface area contributed by atoms with Crippen molar-refractivity contribution < 1.29 is 9.59 Å². The number of aromatic nitrogens is 1. The summed E-state index contributed by atoms with van der Waals surface area (Å²) in [7, 11) is 1.85. The molecular formula is C21H33N5O2. The van der Waals surface area contributed by atoms with Crippen molar-refractivity contribution in [2.45, 2.75) is 44.7 Å². The quantitative estimate of drug-likeness (QED) is 0.759. The molecule has 3 rings (SSSR count). The van der Waals surface area contributed by atoms with E-state index >= 15 is 0 Å². The van der Waals surface area contributed by atoms with Gasteiger partial charge in [0.1, 0.15) is 0 Å². The van der Waals surface area contributed by atoms with Gasteiger partial charge in [0.25, 0.3) is 0 Å². The largest absolute Gasteiger partial charge is 0.353 e. The van der Waals surface area contributed by atoms with Gasteiger partial charge in [0.15, 0.2) is 0 Å². The fourth-order valence-corrected chi connectivity index (χ4v) is 3.97. The van der Waals surface area contributed by atoms with Crippen LogP contribution in [0.15, 0.2) is 24.4 Å². The number of amides is 2. The van der Waals surface area contributed by atoms with Crippen LogP contribution in [0.1, 0.15) is 37.8 Å². The first kappa shape index (κ1) is 20.7. The lowest BCUT2D eigenvalue weighted by atomic mass is 10.1. The Kier molecular flexibility index (Phi) is 7.80. The predicted molar refractivity (Wildman–Crippen MR) is 109 cm³/mol. The molecule has 28 heavy (non-hydrogen) atoms. The van der Waals surface area contributed by atoms with Gasteiger partial charge in [-0.2, -0.15) is 0 Å². The van der Waals surface area contributed by atoms with Crippen molar-refractivity contribution in [3.8, 4) is 0 Å². The van der Waals surface area contributed by atoms with E-state index in [1.807, 2.05) is 25.2 Å². The smallest absolute Gasteiger partial charge is 0.237 e. The molecule has 7 heteroatoms. The molecule has 1 aromatic heterocycles. The van der Waals surface area contributed by atoms with Crippen molar-refractivity contribution in [2.24, 2.45) is 0 Å². The van der Waals surface area contributed by atoms with Crippen LogP contribution in [0.2, 0.25) is 0 Å². The van der Waals surface area contributed by atoms with E-state index in [1.165, 1.54) is 25.7 Å². The number of likely N-dealkylation sites (N-methyl/N-ethyl adjacent to an activating group) is 1. The first-order valence-corrected chi connectivity index (χ1v) is 10.5. The zero-order valence-corrected chi connectivity index (χ0v) is 17.0. The molecule has 154 valence electrons. The highest BCUT2D eigenvalue weighted by Gasteiger charge is 2.32. The Morgan fingerprint density at radius 3 is 2.71 bits per heavy atom. The summed E-state index contributed by atoms with van der Waals surface area (Å²) in [6.07, 6.45) is 7.11. The zero-order valence-electron chi connectivity index (χ0n) is 17.0. The van der Waals surface area contributed by atoms with Gasteiger partial charge in [-0.05, 0) is 38.1 Å². The Morgan fingerprint density at radius 1 is 1.21 bits per heavy atom. The fraction of sp³-hybridized carbons (Fsp3) is 0.667. The van der Waals surface area contributed by atoms with Gasteiger partial charge in [-0.15, -0.1) is 0 Å². The first-order chi connectivity index (χ1) is 13.6. The highest BCUT2D eigenvalue weighted by atomic mass is 16.2. The Labute approximate surface area is 168 Å². The number of likely N-dealkylation sites (tertiary alicyclic amines) is 1. The maximum absolute atomic E-state index is 12.8. The van der Waals surface area contributed by atoms with Crippen LogP contribution in [0.5, 0.6) is 0 Å².